The molecule has 0 radical (unpaired) electrons. The molecule has 1 saturated heterocycles. The van der Waals surface area contributed by atoms with Crippen LogP contribution in [-0.2, 0) is 11.4 Å². The van der Waals surface area contributed by atoms with Gasteiger partial charge in [0.05, 0.1) is 18.9 Å². The fourth-order valence-electron chi connectivity index (χ4n) is 3.77. The van der Waals surface area contributed by atoms with Gasteiger partial charge in [0, 0.05) is 11.5 Å². The van der Waals surface area contributed by atoms with Crippen LogP contribution >= 0.6 is 28.1 Å². The van der Waals surface area contributed by atoms with E-state index in [2.05, 4.69) is 15.9 Å². The molecule has 0 unspecified atom stereocenters. The number of anilines is 1. The van der Waals surface area contributed by atoms with Crippen LogP contribution in [0.5, 0.6) is 17.2 Å². The maximum Gasteiger partial charge on any atom is 0.281 e. The summed E-state index contributed by atoms with van der Waals surface area (Å²) in [4.78, 5) is 16.6. The largest absolute Gasteiger partial charge is 0.494 e. The second-order valence-electron chi connectivity index (χ2n) is 7.97. The molecule has 0 aromatic heterocycles. The summed E-state index contributed by atoms with van der Waals surface area (Å²) in [6.45, 7) is 5.32. The molecule has 1 aliphatic rings. The first-order valence-electron chi connectivity index (χ1n) is 11.6. The number of thiocarbonyl (C=S) groups is 1. The maximum atomic E-state index is 13.4. The number of rotatable bonds is 9. The number of hydrogen-bond donors (Lipinski definition) is 0. The van der Waals surface area contributed by atoms with E-state index in [-0.39, 0.29) is 5.91 Å². The Morgan fingerprint density at radius 1 is 0.917 bits per heavy atom. The third kappa shape index (κ3) is 5.55. The Hall–Kier alpha value is -3.36. The zero-order valence-electron chi connectivity index (χ0n) is 20.4. The number of hydrogen-bond acceptors (Lipinski definition) is 5. The van der Waals surface area contributed by atoms with Gasteiger partial charge in [-0.2, -0.15) is 0 Å². The number of amides is 1. The molecule has 1 heterocycles. The molecule has 3 aromatic rings. The van der Waals surface area contributed by atoms with Crippen molar-refractivity contribution in [3.63, 3.8) is 0 Å². The number of nitrogens with zero attached hydrogens (tertiary/aromatic N) is 2. The minimum absolute atomic E-state index is 0.207. The van der Waals surface area contributed by atoms with Gasteiger partial charge in [0.25, 0.3) is 5.91 Å². The molecule has 3 aromatic carbocycles. The van der Waals surface area contributed by atoms with E-state index in [1.54, 1.807) is 18.0 Å². The summed E-state index contributed by atoms with van der Waals surface area (Å²) >= 11 is 9.24. The molecule has 8 heteroatoms. The van der Waals surface area contributed by atoms with Crippen molar-refractivity contribution >= 4 is 50.9 Å². The minimum Gasteiger partial charge on any atom is -0.494 e. The van der Waals surface area contributed by atoms with Crippen molar-refractivity contribution in [1.82, 2.24) is 4.90 Å². The molecule has 1 fully saturated rings. The van der Waals surface area contributed by atoms with Crippen LogP contribution < -0.4 is 19.1 Å². The predicted octanol–water partition coefficient (Wildman–Crippen LogP) is 6.43. The Bertz CT molecular complexity index is 1280. The number of likely N-dealkylation sites (N-methyl/N-ethyl adjacent to an activating group) is 1. The van der Waals surface area contributed by atoms with Gasteiger partial charge in [0.1, 0.15) is 18.1 Å². The average Bonchev–Trinajstić information content (AvgIpc) is 3.09. The summed E-state index contributed by atoms with van der Waals surface area (Å²) in [5, 5.41) is 0.402. The van der Waals surface area contributed by atoms with Gasteiger partial charge < -0.3 is 19.1 Å². The Morgan fingerprint density at radius 2 is 1.58 bits per heavy atom. The van der Waals surface area contributed by atoms with Crippen LogP contribution in [0.15, 0.2) is 76.9 Å². The quantitative estimate of drug-likeness (QED) is 0.220. The molecule has 0 bridgehead atoms. The van der Waals surface area contributed by atoms with Gasteiger partial charge >= 0.3 is 0 Å². The highest BCUT2D eigenvalue weighted by Gasteiger charge is 2.37. The first-order valence-corrected chi connectivity index (χ1v) is 12.8. The van der Waals surface area contributed by atoms with Crippen LogP contribution in [0.3, 0.4) is 0 Å². The maximum absolute atomic E-state index is 13.4. The fourth-order valence-corrected chi connectivity index (χ4v) is 4.49. The Kier molecular flexibility index (Phi) is 8.28. The van der Waals surface area contributed by atoms with E-state index in [1.807, 2.05) is 80.6 Å². The van der Waals surface area contributed by atoms with Gasteiger partial charge in [-0.3, -0.25) is 9.69 Å². The van der Waals surface area contributed by atoms with E-state index in [1.165, 1.54) is 4.90 Å². The minimum atomic E-state index is -0.207. The summed E-state index contributed by atoms with van der Waals surface area (Å²) in [5.74, 6) is 1.75. The lowest BCUT2D eigenvalue weighted by atomic mass is 10.1. The molecule has 1 aliphatic heterocycles. The van der Waals surface area contributed by atoms with Gasteiger partial charge in [0.2, 0.25) is 0 Å². The van der Waals surface area contributed by atoms with Gasteiger partial charge in [-0.25, -0.2) is 0 Å². The molecule has 0 N–H and O–H groups in total. The highest BCUT2D eigenvalue weighted by atomic mass is 79.9. The zero-order chi connectivity index (χ0) is 25.7. The lowest BCUT2D eigenvalue weighted by Gasteiger charge is -2.17. The Labute approximate surface area is 225 Å². The second-order valence-corrected chi connectivity index (χ2v) is 9.19. The van der Waals surface area contributed by atoms with Crippen LogP contribution in [0, 0.1) is 0 Å². The molecule has 6 nitrogen and oxygen atoms in total. The van der Waals surface area contributed by atoms with E-state index in [4.69, 9.17) is 26.4 Å². The van der Waals surface area contributed by atoms with Gasteiger partial charge in [-0.1, -0.05) is 46.3 Å². The fraction of sp³-hybridized carbons (Fsp3) is 0.214. The standard InChI is InChI=1S/C28H27BrN2O4S/c1-4-33-22-13-11-21(12-14-22)31-27(32)24(30(3)28(31)36)15-20-16-25(34-5-2)26(17-23(20)29)35-18-19-9-7-6-8-10-19/h6-17H,4-5,18H2,1-3H3/b24-15-. The van der Waals surface area contributed by atoms with Crippen LogP contribution in [0.2, 0.25) is 0 Å². The summed E-state index contributed by atoms with van der Waals surface area (Å²) in [5.41, 5.74) is 2.97. The monoisotopic (exact) mass is 566 g/mol. The first kappa shape index (κ1) is 25.7. The van der Waals surface area contributed by atoms with Crippen LogP contribution in [0.25, 0.3) is 6.08 Å². The lowest BCUT2D eigenvalue weighted by molar-refractivity contribution is -0.114. The summed E-state index contributed by atoms with van der Waals surface area (Å²) in [6, 6.07) is 21.0. The van der Waals surface area contributed by atoms with Crippen molar-refractivity contribution in [2.45, 2.75) is 20.5 Å². The van der Waals surface area contributed by atoms with Crippen molar-refractivity contribution in [3.8, 4) is 17.2 Å². The average molecular weight is 568 g/mol. The number of benzene rings is 3. The van der Waals surface area contributed by atoms with Crippen molar-refractivity contribution in [1.29, 1.82) is 0 Å². The summed E-state index contributed by atoms with van der Waals surface area (Å²) < 4.78 is 18.2. The number of carbonyl (C=O) groups excluding carboxylic acids is 1. The smallest absolute Gasteiger partial charge is 0.281 e. The third-order valence-electron chi connectivity index (χ3n) is 5.56. The molecule has 1 amide bonds. The SMILES string of the molecule is CCOc1ccc(N2C(=O)/C(=C/c3cc(OCC)c(OCc4ccccc4)cc3Br)N(C)C2=S)cc1. The van der Waals surface area contributed by atoms with Gasteiger partial charge in [0.15, 0.2) is 16.6 Å². The van der Waals surface area contributed by atoms with Crippen molar-refractivity contribution in [3.05, 3.63) is 88.0 Å². The van der Waals surface area contributed by atoms with E-state index in [0.29, 0.717) is 47.8 Å². The normalized spacial score (nSPS) is 14.5. The van der Waals surface area contributed by atoms with Gasteiger partial charge in [-0.15, -0.1) is 0 Å². The van der Waals surface area contributed by atoms with E-state index >= 15 is 0 Å². The van der Waals surface area contributed by atoms with Gasteiger partial charge in [-0.05, 0) is 79.7 Å². The molecule has 4 rings (SSSR count). The molecule has 0 atom stereocenters. The number of ether oxygens (including phenoxy) is 3. The second kappa shape index (κ2) is 11.6. The summed E-state index contributed by atoms with van der Waals surface area (Å²) in [6.07, 6.45) is 1.80. The number of carbonyl (C=O) groups is 1. The van der Waals surface area contributed by atoms with E-state index in [9.17, 15) is 4.79 Å². The molecular weight excluding hydrogens is 540 g/mol. The summed E-state index contributed by atoms with van der Waals surface area (Å²) in [7, 11) is 1.79. The zero-order valence-corrected chi connectivity index (χ0v) is 22.8. The molecule has 186 valence electrons. The van der Waals surface area contributed by atoms with Crippen molar-refractivity contribution in [2.24, 2.45) is 0 Å². The third-order valence-corrected chi connectivity index (χ3v) is 6.70. The highest BCUT2D eigenvalue weighted by Crippen LogP contribution is 2.37. The molecular formula is C28H27BrN2O4S. The van der Waals surface area contributed by atoms with E-state index < -0.39 is 0 Å². The van der Waals surface area contributed by atoms with Crippen LogP contribution in [0.1, 0.15) is 25.0 Å². The highest BCUT2D eigenvalue weighted by molar-refractivity contribution is 9.10. The predicted molar refractivity (Wildman–Crippen MR) is 150 cm³/mol. The van der Waals surface area contributed by atoms with Crippen molar-refractivity contribution < 1.29 is 19.0 Å². The molecule has 36 heavy (non-hydrogen) atoms. The molecule has 0 saturated carbocycles. The van der Waals surface area contributed by atoms with Crippen LogP contribution in [0.4, 0.5) is 5.69 Å². The van der Waals surface area contributed by atoms with Crippen LogP contribution in [-0.4, -0.2) is 36.2 Å². The topological polar surface area (TPSA) is 51.2 Å². The molecule has 0 aliphatic carbocycles. The number of halogens is 1. The first-order chi connectivity index (χ1) is 17.4. The Morgan fingerprint density at radius 3 is 2.25 bits per heavy atom. The van der Waals surface area contributed by atoms with E-state index in [0.717, 1.165) is 21.3 Å². The molecule has 0 spiro atoms. The van der Waals surface area contributed by atoms with Crippen molar-refractivity contribution in [2.75, 3.05) is 25.2 Å². The lowest BCUT2D eigenvalue weighted by Crippen LogP contribution is -2.31. The Balaban J connectivity index is 1.62.